The lowest BCUT2D eigenvalue weighted by atomic mass is 9.90. The van der Waals surface area contributed by atoms with Crippen LogP contribution in [0.2, 0.25) is 0 Å². The van der Waals surface area contributed by atoms with E-state index in [2.05, 4.69) is 36.3 Å². The first-order valence-electron chi connectivity index (χ1n) is 9.13. The zero-order valence-corrected chi connectivity index (χ0v) is 15.5. The lowest BCUT2D eigenvalue weighted by Gasteiger charge is -2.31. The van der Waals surface area contributed by atoms with E-state index in [1.54, 1.807) is 4.31 Å². The summed E-state index contributed by atoms with van der Waals surface area (Å²) in [5.41, 5.74) is 3.93. The molecular formula is C19H28N2O2S. The van der Waals surface area contributed by atoms with E-state index in [0.29, 0.717) is 25.4 Å². The van der Waals surface area contributed by atoms with Crippen molar-refractivity contribution in [1.82, 2.24) is 9.29 Å². The first-order valence-corrected chi connectivity index (χ1v) is 10.7. The summed E-state index contributed by atoms with van der Waals surface area (Å²) in [6.45, 7) is 5.41. The van der Waals surface area contributed by atoms with Gasteiger partial charge < -0.3 is 4.98 Å². The summed E-state index contributed by atoms with van der Waals surface area (Å²) in [5.74, 6) is 0.717. The maximum Gasteiger partial charge on any atom is 0.214 e. The van der Waals surface area contributed by atoms with Gasteiger partial charge in [-0.05, 0) is 48.8 Å². The molecule has 0 aliphatic carbocycles. The SMILES string of the molecule is CCCc1ccc2c(C3CCN(S(=O)(=O)CCC)CC3)c[nH]c2c1. The molecule has 4 nitrogen and oxygen atoms in total. The van der Waals surface area contributed by atoms with Crippen LogP contribution in [0.1, 0.15) is 56.6 Å². The maximum absolute atomic E-state index is 12.2. The van der Waals surface area contributed by atoms with Crippen molar-refractivity contribution in [1.29, 1.82) is 0 Å². The number of aryl methyl sites for hydroxylation is 1. The van der Waals surface area contributed by atoms with Gasteiger partial charge >= 0.3 is 0 Å². The van der Waals surface area contributed by atoms with E-state index in [4.69, 9.17) is 0 Å². The first-order chi connectivity index (χ1) is 11.5. The molecule has 0 radical (unpaired) electrons. The fourth-order valence-corrected chi connectivity index (χ4v) is 5.35. The molecule has 1 aliphatic heterocycles. The summed E-state index contributed by atoms with van der Waals surface area (Å²) >= 11 is 0. The molecule has 2 aromatic rings. The summed E-state index contributed by atoms with van der Waals surface area (Å²) in [4.78, 5) is 3.41. The van der Waals surface area contributed by atoms with Crippen molar-refractivity contribution in [2.75, 3.05) is 18.8 Å². The molecule has 1 fully saturated rings. The Morgan fingerprint density at radius 3 is 2.58 bits per heavy atom. The van der Waals surface area contributed by atoms with E-state index < -0.39 is 10.0 Å². The van der Waals surface area contributed by atoms with E-state index in [-0.39, 0.29) is 5.75 Å². The van der Waals surface area contributed by atoms with Crippen molar-refractivity contribution in [3.8, 4) is 0 Å². The normalized spacial score (nSPS) is 17.6. The first kappa shape index (κ1) is 17.5. The lowest BCUT2D eigenvalue weighted by Crippen LogP contribution is -2.39. The highest BCUT2D eigenvalue weighted by molar-refractivity contribution is 7.89. The fourth-order valence-electron chi connectivity index (χ4n) is 3.81. The van der Waals surface area contributed by atoms with Gasteiger partial charge in [-0.2, -0.15) is 0 Å². The third-order valence-electron chi connectivity index (χ3n) is 5.07. The smallest absolute Gasteiger partial charge is 0.214 e. The number of aromatic amines is 1. The molecule has 0 bridgehead atoms. The van der Waals surface area contributed by atoms with E-state index in [1.807, 2.05) is 6.92 Å². The molecule has 0 saturated carbocycles. The molecule has 0 spiro atoms. The third kappa shape index (κ3) is 3.52. The minimum atomic E-state index is -3.05. The number of aromatic nitrogens is 1. The van der Waals surface area contributed by atoms with Crippen LogP contribution < -0.4 is 0 Å². The van der Waals surface area contributed by atoms with Gasteiger partial charge in [0.2, 0.25) is 10.0 Å². The molecule has 1 N–H and O–H groups in total. The Morgan fingerprint density at radius 2 is 1.92 bits per heavy atom. The zero-order valence-electron chi connectivity index (χ0n) is 14.7. The van der Waals surface area contributed by atoms with Crippen LogP contribution in [0, 0.1) is 0 Å². The average Bonchev–Trinajstić information content (AvgIpc) is 2.98. The molecule has 3 rings (SSSR count). The number of fused-ring (bicyclic) bond motifs is 1. The predicted molar refractivity (Wildman–Crippen MR) is 99.9 cm³/mol. The molecule has 0 amide bonds. The molecule has 0 unspecified atom stereocenters. The second kappa shape index (κ2) is 7.28. The van der Waals surface area contributed by atoms with Gasteiger partial charge in [0.05, 0.1) is 5.75 Å². The number of hydrogen-bond acceptors (Lipinski definition) is 2. The Kier molecular flexibility index (Phi) is 5.30. The largest absolute Gasteiger partial charge is 0.361 e. The van der Waals surface area contributed by atoms with E-state index in [9.17, 15) is 8.42 Å². The number of H-pyrrole nitrogens is 1. The number of hydrogen-bond donors (Lipinski definition) is 1. The minimum Gasteiger partial charge on any atom is -0.361 e. The number of sulfonamides is 1. The molecule has 24 heavy (non-hydrogen) atoms. The van der Waals surface area contributed by atoms with Crippen LogP contribution in [0.25, 0.3) is 10.9 Å². The monoisotopic (exact) mass is 348 g/mol. The van der Waals surface area contributed by atoms with Gasteiger partial charge in [0.1, 0.15) is 0 Å². The van der Waals surface area contributed by atoms with E-state index in [0.717, 1.165) is 25.7 Å². The van der Waals surface area contributed by atoms with Gasteiger partial charge in [-0.15, -0.1) is 0 Å². The Balaban J connectivity index is 1.74. The minimum absolute atomic E-state index is 0.269. The van der Waals surface area contributed by atoms with Crippen LogP contribution in [-0.2, 0) is 16.4 Å². The number of nitrogens with one attached hydrogen (secondary N) is 1. The van der Waals surface area contributed by atoms with Gasteiger partial charge in [0, 0.05) is 30.2 Å². The number of nitrogens with zero attached hydrogens (tertiary/aromatic N) is 1. The summed E-state index contributed by atoms with van der Waals surface area (Å²) < 4.78 is 26.1. The predicted octanol–water partition coefficient (Wildman–Crippen LogP) is 4.04. The molecule has 1 aromatic heterocycles. The topological polar surface area (TPSA) is 53.2 Å². The lowest BCUT2D eigenvalue weighted by molar-refractivity contribution is 0.320. The van der Waals surface area contributed by atoms with E-state index >= 15 is 0 Å². The van der Waals surface area contributed by atoms with Crippen molar-refractivity contribution in [2.24, 2.45) is 0 Å². The molecule has 132 valence electrons. The quantitative estimate of drug-likeness (QED) is 0.856. The Bertz CT molecular complexity index is 787. The molecule has 0 atom stereocenters. The van der Waals surface area contributed by atoms with Gasteiger partial charge in [-0.1, -0.05) is 32.4 Å². The highest BCUT2D eigenvalue weighted by Crippen LogP contribution is 2.34. The number of benzene rings is 1. The third-order valence-corrected chi connectivity index (χ3v) is 7.14. The fraction of sp³-hybridized carbons (Fsp3) is 0.579. The Morgan fingerprint density at radius 1 is 1.17 bits per heavy atom. The Labute approximate surface area is 145 Å². The van der Waals surface area contributed by atoms with Gasteiger partial charge in [-0.3, -0.25) is 0 Å². The van der Waals surface area contributed by atoms with Gasteiger partial charge in [0.15, 0.2) is 0 Å². The Hall–Kier alpha value is -1.33. The number of piperidine rings is 1. The summed E-state index contributed by atoms with van der Waals surface area (Å²) in [6, 6.07) is 6.71. The van der Waals surface area contributed by atoms with Crippen LogP contribution in [0.3, 0.4) is 0 Å². The van der Waals surface area contributed by atoms with Crippen LogP contribution >= 0.6 is 0 Å². The van der Waals surface area contributed by atoms with Crippen LogP contribution in [-0.4, -0.2) is 36.5 Å². The van der Waals surface area contributed by atoms with Crippen LogP contribution in [0.5, 0.6) is 0 Å². The second-order valence-electron chi connectivity index (χ2n) is 6.86. The van der Waals surface area contributed by atoms with Crippen molar-refractivity contribution in [3.63, 3.8) is 0 Å². The molecule has 1 aromatic carbocycles. The second-order valence-corrected chi connectivity index (χ2v) is 8.95. The summed E-state index contributed by atoms with van der Waals surface area (Å²) in [5, 5.41) is 1.30. The van der Waals surface area contributed by atoms with Crippen molar-refractivity contribution < 1.29 is 8.42 Å². The van der Waals surface area contributed by atoms with Gasteiger partial charge in [0.25, 0.3) is 0 Å². The highest BCUT2D eigenvalue weighted by atomic mass is 32.2. The van der Waals surface area contributed by atoms with Crippen LogP contribution in [0.4, 0.5) is 0 Å². The molecular weight excluding hydrogens is 320 g/mol. The number of rotatable bonds is 6. The molecule has 1 aliphatic rings. The van der Waals surface area contributed by atoms with Crippen molar-refractivity contribution >= 4 is 20.9 Å². The summed E-state index contributed by atoms with van der Waals surface area (Å²) in [6.07, 6.45) is 6.90. The summed E-state index contributed by atoms with van der Waals surface area (Å²) in [7, 11) is -3.05. The highest BCUT2D eigenvalue weighted by Gasteiger charge is 2.28. The molecule has 1 saturated heterocycles. The zero-order chi connectivity index (χ0) is 17.2. The van der Waals surface area contributed by atoms with Crippen LogP contribution in [0.15, 0.2) is 24.4 Å². The maximum atomic E-state index is 12.2. The standard InChI is InChI=1S/C19H28N2O2S/c1-3-5-15-6-7-17-18(14-20-19(17)13-15)16-8-10-21(11-9-16)24(22,23)12-4-2/h6-7,13-14,16,20H,3-5,8-12H2,1-2H3. The van der Waals surface area contributed by atoms with Gasteiger partial charge in [-0.25, -0.2) is 12.7 Å². The van der Waals surface area contributed by atoms with E-state index in [1.165, 1.54) is 22.0 Å². The van der Waals surface area contributed by atoms with Crippen molar-refractivity contribution in [2.45, 2.75) is 51.9 Å². The molecule has 5 heteroatoms. The van der Waals surface area contributed by atoms with Crippen molar-refractivity contribution in [3.05, 3.63) is 35.5 Å². The average molecular weight is 349 g/mol. The molecule has 2 heterocycles.